The first-order valence-electron chi connectivity index (χ1n) is 4.81. The van der Waals surface area contributed by atoms with Crippen LogP contribution in [0.3, 0.4) is 0 Å². The lowest BCUT2D eigenvalue weighted by atomic mass is 10.0. The molecule has 0 heterocycles. The SMILES string of the molecule is CCOc1cc(C)c(C(O)C(=O)O)cc1Cl. The summed E-state index contributed by atoms with van der Waals surface area (Å²) < 4.78 is 5.25. The predicted octanol–water partition coefficient (Wildman–Crippen LogP) is 2.17. The second kappa shape index (κ2) is 5.18. The molecule has 1 unspecified atom stereocenters. The molecule has 0 bridgehead atoms. The van der Waals surface area contributed by atoms with E-state index >= 15 is 0 Å². The van der Waals surface area contributed by atoms with Crippen molar-refractivity contribution in [3.8, 4) is 5.75 Å². The Morgan fingerprint density at radius 2 is 2.19 bits per heavy atom. The molecule has 0 aliphatic rings. The van der Waals surface area contributed by atoms with E-state index in [0.29, 0.717) is 22.9 Å². The standard InChI is InChI=1S/C11H13ClO4/c1-3-16-9-4-6(2)7(5-8(9)12)10(13)11(14)15/h4-5,10,13H,3H2,1-2H3,(H,14,15). The van der Waals surface area contributed by atoms with E-state index in [0.717, 1.165) is 0 Å². The summed E-state index contributed by atoms with van der Waals surface area (Å²) in [6.45, 7) is 3.99. The molecule has 0 aliphatic heterocycles. The Labute approximate surface area is 98.4 Å². The minimum Gasteiger partial charge on any atom is -0.492 e. The number of ether oxygens (including phenoxy) is 1. The lowest BCUT2D eigenvalue weighted by Gasteiger charge is -2.13. The van der Waals surface area contributed by atoms with Crippen molar-refractivity contribution in [3.05, 3.63) is 28.3 Å². The van der Waals surface area contributed by atoms with Crippen LogP contribution in [0, 0.1) is 6.92 Å². The van der Waals surface area contributed by atoms with Gasteiger partial charge in [0.15, 0.2) is 6.10 Å². The van der Waals surface area contributed by atoms with Gasteiger partial charge in [-0.05, 0) is 37.1 Å². The van der Waals surface area contributed by atoms with Crippen molar-refractivity contribution in [2.75, 3.05) is 6.61 Å². The van der Waals surface area contributed by atoms with Crippen molar-refractivity contribution in [1.29, 1.82) is 0 Å². The van der Waals surface area contributed by atoms with Crippen molar-refractivity contribution in [1.82, 2.24) is 0 Å². The number of aryl methyl sites for hydroxylation is 1. The fourth-order valence-corrected chi connectivity index (χ4v) is 1.59. The van der Waals surface area contributed by atoms with Gasteiger partial charge in [-0.3, -0.25) is 0 Å². The quantitative estimate of drug-likeness (QED) is 0.852. The molecule has 0 aromatic heterocycles. The molecular formula is C11H13ClO4. The van der Waals surface area contributed by atoms with Crippen LogP contribution in [0.15, 0.2) is 12.1 Å². The van der Waals surface area contributed by atoms with Gasteiger partial charge in [0.25, 0.3) is 0 Å². The van der Waals surface area contributed by atoms with Crippen molar-refractivity contribution >= 4 is 17.6 Å². The Kier molecular flexibility index (Phi) is 4.15. The number of aliphatic hydroxyl groups is 1. The van der Waals surface area contributed by atoms with Gasteiger partial charge in [-0.25, -0.2) is 4.79 Å². The first-order valence-corrected chi connectivity index (χ1v) is 5.18. The summed E-state index contributed by atoms with van der Waals surface area (Å²) in [5.74, 6) is -0.814. The van der Waals surface area contributed by atoms with E-state index in [4.69, 9.17) is 21.4 Å². The average molecular weight is 245 g/mol. The molecule has 4 nitrogen and oxygen atoms in total. The number of carboxylic acid groups (broad SMARTS) is 1. The van der Waals surface area contributed by atoms with Crippen molar-refractivity contribution in [2.24, 2.45) is 0 Å². The summed E-state index contributed by atoms with van der Waals surface area (Å²) in [7, 11) is 0. The van der Waals surface area contributed by atoms with E-state index in [9.17, 15) is 9.90 Å². The number of hydrogen-bond donors (Lipinski definition) is 2. The molecular weight excluding hydrogens is 232 g/mol. The molecule has 0 amide bonds. The van der Waals surface area contributed by atoms with Gasteiger partial charge in [0.2, 0.25) is 0 Å². The number of aliphatic hydroxyl groups excluding tert-OH is 1. The summed E-state index contributed by atoms with van der Waals surface area (Å²) >= 11 is 5.90. The van der Waals surface area contributed by atoms with E-state index in [1.807, 2.05) is 6.92 Å². The van der Waals surface area contributed by atoms with E-state index in [2.05, 4.69) is 0 Å². The van der Waals surface area contributed by atoms with E-state index < -0.39 is 12.1 Å². The fraction of sp³-hybridized carbons (Fsp3) is 0.364. The summed E-state index contributed by atoms with van der Waals surface area (Å²) in [5, 5.41) is 18.4. The lowest BCUT2D eigenvalue weighted by Crippen LogP contribution is -2.12. The van der Waals surface area contributed by atoms with Gasteiger partial charge < -0.3 is 14.9 Å². The minimum absolute atomic E-state index is 0.279. The highest BCUT2D eigenvalue weighted by atomic mass is 35.5. The smallest absolute Gasteiger partial charge is 0.337 e. The highest BCUT2D eigenvalue weighted by Crippen LogP contribution is 2.31. The summed E-state index contributed by atoms with van der Waals surface area (Å²) in [5.41, 5.74) is 0.906. The highest BCUT2D eigenvalue weighted by Gasteiger charge is 2.19. The molecule has 1 atom stereocenters. The maximum atomic E-state index is 10.6. The van der Waals surface area contributed by atoms with Gasteiger partial charge in [-0.2, -0.15) is 0 Å². The van der Waals surface area contributed by atoms with Crippen LogP contribution in [-0.2, 0) is 4.79 Å². The zero-order valence-corrected chi connectivity index (χ0v) is 9.78. The van der Waals surface area contributed by atoms with Crippen LogP contribution in [0.5, 0.6) is 5.75 Å². The molecule has 0 saturated heterocycles. The molecule has 0 saturated carbocycles. The zero-order valence-electron chi connectivity index (χ0n) is 9.03. The Morgan fingerprint density at radius 3 is 2.69 bits per heavy atom. The maximum Gasteiger partial charge on any atom is 0.337 e. The minimum atomic E-state index is -1.56. The number of rotatable bonds is 4. The molecule has 1 rings (SSSR count). The molecule has 1 aromatic carbocycles. The van der Waals surface area contributed by atoms with Crippen molar-refractivity contribution in [3.63, 3.8) is 0 Å². The number of aliphatic carboxylic acids is 1. The first-order chi connectivity index (χ1) is 7.47. The average Bonchev–Trinajstić information content (AvgIpc) is 2.22. The van der Waals surface area contributed by atoms with Crippen LogP contribution in [0.25, 0.3) is 0 Å². The predicted molar refractivity (Wildman–Crippen MR) is 60.0 cm³/mol. The summed E-state index contributed by atoms with van der Waals surface area (Å²) in [6.07, 6.45) is -1.56. The number of benzene rings is 1. The van der Waals surface area contributed by atoms with Crippen molar-refractivity contribution in [2.45, 2.75) is 20.0 Å². The fourth-order valence-electron chi connectivity index (χ4n) is 1.36. The molecule has 0 fully saturated rings. The molecule has 0 spiro atoms. The molecule has 16 heavy (non-hydrogen) atoms. The topological polar surface area (TPSA) is 66.8 Å². The second-order valence-electron chi connectivity index (χ2n) is 3.31. The van der Waals surface area contributed by atoms with Gasteiger partial charge in [0.1, 0.15) is 5.75 Å². The molecule has 88 valence electrons. The van der Waals surface area contributed by atoms with Crippen molar-refractivity contribution < 1.29 is 19.7 Å². The Hall–Kier alpha value is -1.26. The van der Waals surface area contributed by atoms with Gasteiger partial charge in [-0.15, -0.1) is 0 Å². The van der Waals surface area contributed by atoms with Crippen LogP contribution >= 0.6 is 11.6 Å². The molecule has 1 aromatic rings. The van der Waals surface area contributed by atoms with Crippen LogP contribution < -0.4 is 4.74 Å². The third-order valence-corrected chi connectivity index (χ3v) is 2.44. The van der Waals surface area contributed by atoms with Crippen LogP contribution in [0.2, 0.25) is 5.02 Å². The first kappa shape index (κ1) is 12.8. The molecule has 2 N–H and O–H groups in total. The van der Waals surface area contributed by atoms with Crippen LogP contribution in [-0.4, -0.2) is 22.8 Å². The third-order valence-electron chi connectivity index (χ3n) is 2.15. The number of carbonyl (C=O) groups is 1. The van der Waals surface area contributed by atoms with E-state index in [1.54, 1.807) is 13.0 Å². The Morgan fingerprint density at radius 1 is 1.56 bits per heavy atom. The van der Waals surface area contributed by atoms with Gasteiger partial charge >= 0.3 is 5.97 Å². The van der Waals surface area contributed by atoms with Gasteiger partial charge in [-0.1, -0.05) is 11.6 Å². The Balaban J connectivity index is 3.14. The Bertz CT molecular complexity index is 403. The zero-order chi connectivity index (χ0) is 12.3. The second-order valence-corrected chi connectivity index (χ2v) is 3.72. The third kappa shape index (κ3) is 2.65. The lowest BCUT2D eigenvalue weighted by molar-refractivity contribution is -0.147. The van der Waals surface area contributed by atoms with Gasteiger partial charge in [0, 0.05) is 0 Å². The monoisotopic (exact) mass is 244 g/mol. The normalized spacial score (nSPS) is 12.2. The molecule has 5 heteroatoms. The number of carboxylic acids is 1. The number of hydrogen-bond acceptors (Lipinski definition) is 3. The van der Waals surface area contributed by atoms with E-state index in [1.165, 1.54) is 6.07 Å². The highest BCUT2D eigenvalue weighted by molar-refractivity contribution is 6.32. The van der Waals surface area contributed by atoms with Crippen LogP contribution in [0.4, 0.5) is 0 Å². The van der Waals surface area contributed by atoms with Crippen LogP contribution in [0.1, 0.15) is 24.2 Å². The number of halogens is 1. The summed E-state index contributed by atoms with van der Waals surface area (Å²) in [6, 6.07) is 3.04. The largest absolute Gasteiger partial charge is 0.492 e. The summed E-state index contributed by atoms with van der Waals surface area (Å²) in [4.78, 5) is 10.6. The maximum absolute atomic E-state index is 10.6. The van der Waals surface area contributed by atoms with E-state index in [-0.39, 0.29) is 5.56 Å². The van der Waals surface area contributed by atoms with Gasteiger partial charge in [0.05, 0.1) is 11.6 Å². The molecule has 0 aliphatic carbocycles. The molecule has 0 radical (unpaired) electrons.